The van der Waals surface area contributed by atoms with Gasteiger partial charge in [-0.3, -0.25) is 4.79 Å². The molecule has 1 unspecified atom stereocenters. The fourth-order valence-electron chi connectivity index (χ4n) is 6.01. The number of fused-ring (bicyclic) bond motifs is 1. The van der Waals surface area contributed by atoms with E-state index in [9.17, 15) is 13.6 Å². The molecule has 1 amide bonds. The highest BCUT2D eigenvalue weighted by Gasteiger charge is 2.47. The standard InChI is InChI=1S/C28H32F3N5O/c1-18-7-3-2-4-12-35(18)27(37)24-14-25(19-16-28(30,31)17-19)36-26(32-24)15-23(33-36)21-9-8-20(13-22(21)29)34-10-5-6-11-34/h8-9,13-15,18-19H,2-7,10-12,16-17H2,1H3. The first-order chi connectivity index (χ1) is 17.8. The number of halogens is 3. The van der Waals surface area contributed by atoms with Gasteiger partial charge in [-0.15, -0.1) is 0 Å². The zero-order valence-corrected chi connectivity index (χ0v) is 21.1. The van der Waals surface area contributed by atoms with Crippen LogP contribution in [0.3, 0.4) is 0 Å². The van der Waals surface area contributed by atoms with Crippen LogP contribution in [-0.2, 0) is 0 Å². The van der Waals surface area contributed by atoms with E-state index in [1.807, 2.05) is 17.9 Å². The Bertz CT molecular complexity index is 1320. The Morgan fingerprint density at radius 2 is 1.76 bits per heavy atom. The number of rotatable bonds is 4. The van der Waals surface area contributed by atoms with Crippen LogP contribution in [0.25, 0.3) is 16.9 Å². The minimum atomic E-state index is -2.72. The van der Waals surface area contributed by atoms with Crippen LogP contribution < -0.4 is 4.90 Å². The first-order valence-electron chi connectivity index (χ1n) is 13.4. The molecule has 3 aliphatic rings. The molecular formula is C28H32F3N5O. The molecule has 1 saturated carbocycles. The maximum absolute atomic E-state index is 15.2. The van der Waals surface area contributed by atoms with Gasteiger partial charge >= 0.3 is 0 Å². The Hall–Kier alpha value is -3.10. The van der Waals surface area contributed by atoms with Crippen molar-refractivity contribution in [1.82, 2.24) is 19.5 Å². The highest BCUT2D eigenvalue weighted by atomic mass is 19.3. The molecule has 0 bridgehead atoms. The molecule has 196 valence electrons. The number of aromatic nitrogens is 3. The molecule has 3 fully saturated rings. The van der Waals surface area contributed by atoms with E-state index in [0.717, 1.165) is 57.3 Å². The number of benzene rings is 1. The average molecular weight is 512 g/mol. The van der Waals surface area contributed by atoms with Gasteiger partial charge in [0.15, 0.2) is 5.65 Å². The smallest absolute Gasteiger partial charge is 0.272 e. The molecular weight excluding hydrogens is 479 g/mol. The highest BCUT2D eigenvalue weighted by Crippen LogP contribution is 2.48. The fourth-order valence-corrected chi connectivity index (χ4v) is 6.01. The monoisotopic (exact) mass is 511 g/mol. The number of carbonyl (C=O) groups excluding carboxylic acids is 1. The van der Waals surface area contributed by atoms with E-state index < -0.39 is 11.8 Å². The Morgan fingerprint density at radius 3 is 2.49 bits per heavy atom. The van der Waals surface area contributed by atoms with E-state index in [4.69, 9.17) is 0 Å². The van der Waals surface area contributed by atoms with Gasteiger partial charge in [0.05, 0.1) is 11.4 Å². The van der Waals surface area contributed by atoms with Crippen molar-refractivity contribution in [1.29, 1.82) is 0 Å². The minimum absolute atomic E-state index is 0.0909. The van der Waals surface area contributed by atoms with E-state index >= 15 is 4.39 Å². The summed E-state index contributed by atoms with van der Waals surface area (Å²) in [6.07, 6.45) is 5.62. The number of hydrogen-bond acceptors (Lipinski definition) is 4. The van der Waals surface area contributed by atoms with Crippen molar-refractivity contribution in [3.8, 4) is 11.3 Å². The first kappa shape index (κ1) is 24.2. The van der Waals surface area contributed by atoms with Crippen LogP contribution in [0.2, 0.25) is 0 Å². The zero-order valence-electron chi connectivity index (χ0n) is 21.1. The SMILES string of the molecule is CC1CCCCCN1C(=O)c1cc(C2CC(F)(F)C2)n2nc(-c3ccc(N4CCCC4)cc3F)cc2n1. The van der Waals surface area contributed by atoms with Gasteiger partial charge in [-0.25, -0.2) is 22.7 Å². The largest absolute Gasteiger partial charge is 0.371 e. The van der Waals surface area contributed by atoms with Crippen LogP contribution in [0.1, 0.15) is 80.4 Å². The third-order valence-corrected chi connectivity index (χ3v) is 8.20. The van der Waals surface area contributed by atoms with E-state index in [-0.39, 0.29) is 36.3 Å². The number of hydrogen-bond donors (Lipinski definition) is 0. The summed E-state index contributed by atoms with van der Waals surface area (Å²) in [5, 5.41) is 4.60. The van der Waals surface area contributed by atoms with Crippen molar-refractivity contribution in [3.63, 3.8) is 0 Å². The van der Waals surface area contributed by atoms with Crippen LogP contribution >= 0.6 is 0 Å². The Labute approximate surface area is 214 Å². The lowest BCUT2D eigenvalue weighted by molar-refractivity contribution is -0.0879. The lowest BCUT2D eigenvalue weighted by atomic mass is 9.79. The first-order valence-corrected chi connectivity index (χ1v) is 13.4. The van der Waals surface area contributed by atoms with Crippen molar-refractivity contribution in [2.24, 2.45) is 0 Å². The lowest BCUT2D eigenvalue weighted by Crippen LogP contribution is -2.39. The van der Waals surface area contributed by atoms with Gasteiger partial charge in [0.25, 0.3) is 5.91 Å². The number of likely N-dealkylation sites (tertiary alicyclic amines) is 1. The van der Waals surface area contributed by atoms with Gasteiger partial charge in [-0.2, -0.15) is 5.10 Å². The van der Waals surface area contributed by atoms with Crippen molar-refractivity contribution < 1.29 is 18.0 Å². The Morgan fingerprint density at radius 1 is 1.00 bits per heavy atom. The molecule has 4 heterocycles. The summed E-state index contributed by atoms with van der Waals surface area (Å²) >= 11 is 0. The molecule has 3 aromatic rings. The molecule has 1 aliphatic carbocycles. The second kappa shape index (κ2) is 9.33. The van der Waals surface area contributed by atoms with Gasteiger partial charge in [0.1, 0.15) is 11.5 Å². The Balaban J connectivity index is 1.39. The maximum atomic E-state index is 15.2. The second-order valence-electron chi connectivity index (χ2n) is 10.9. The summed E-state index contributed by atoms with van der Waals surface area (Å²) in [6, 6.07) is 8.50. The quantitative estimate of drug-likeness (QED) is 0.428. The van der Waals surface area contributed by atoms with Crippen molar-refractivity contribution in [3.05, 3.63) is 47.5 Å². The topological polar surface area (TPSA) is 53.7 Å². The highest BCUT2D eigenvalue weighted by molar-refractivity contribution is 5.93. The lowest BCUT2D eigenvalue weighted by Gasteiger charge is -2.35. The Kier molecular flexibility index (Phi) is 6.12. The molecule has 2 aromatic heterocycles. The van der Waals surface area contributed by atoms with Crippen molar-refractivity contribution in [2.45, 2.75) is 76.2 Å². The van der Waals surface area contributed by atoms with E-state index in [2.05, 4.69) is 15.0 Å². The number of nitrogens with zero attached hydrogens (tertiary/aromatic N) is 5. The zero-order chi connectivity index (χ0) is 25.7. The van der Waals surface area contributed by atoms with Crippen LogP contribution in [-0.4, -0.2) is 57.0 Å². The predicted octanol–water partition coefficient (Wildman–Crippen LogP) is 6.05. The van der Waals surface area contributed by atoms with Crippen molar-refractivity contribution in [2.75, 3.05) is 24.5 Å². The van der Waals surface area contributed by atoms with E-state index in [1.165, 1.54) is 10.6 Å². The molecule has 2 saturated heterocycles. The number of carbonyl (C=O) groups is 1. The summed E-state index contributed by atoms with van der Waals surface area (Å²) in [4.78, 5) is 22.1. The normalized spacial score (nSPS) is 22.3. The van der Waals surface area contributed by atoms with Gasteiger partial charge < -0.3 is 9.80 Å². The molecule has 0 N–H and O–H groups in total. The van der Waals surface area contributed by atoms with E-state index in [1.54, 1.807) is 18.2 Å². The number of amides is 1. The third kappa shape index (κ3) is 4.57. The number of anilines is 1. The minimum Gasteiger partial charge on any atom is -0.371 e. The summed E-state index contributed by atoms with van der Waals surface area (Å²) < 4.78 is 44.4. The van der Waals surface area contributed by atoms with Crippen LogP contribution in [0, 0.1) is 5.82 Å². The molecule has 1 aromatic carbocycles. The molecule has 6 nitrogen and oxygen atoms in total. The van der Waals surface area contributed by atoms with Crippen molar-refractivity contribution >= 4 is 17.2 Å². The summed E-state index contributed by atoms with van der Waals surface area (Å²) in [6.45, 7) is 4.53. The predicted molar refractivity (Wildman–Crippen MR) is 136 cm³/mol. The maximum Gasteiger partial charge on any atom is 0.272 e. The number of alkyl halides is 2. The van der Waals surface area contributed by atoms with Gasteiger partial charge in [0, 0.05) is 61.8 Å². The third-order valence-electron chi connectivity index (χ3n) is 8.20. The molecule has 0 radical (unpaired) electrons. The molecule has 9 heteroatoms. The summed E-state index contributed by atoms with van der Waals surface area (Å²) in [7, 11) is 0. The van der Waals surface area contributed by atoms with Crippen LogP contribution in [0.15, 0.2) is 30.3 Å². The van der Waals surface area contributed by atoms with Gasteiger partial charge in [0.2, 0.25) is 5.92 Å². The fraction of sp³-hybridized carbons (Fsp3) is 0.536. The van der Waals surface area contributed by atoms with Crippen LogP contribution in [0.4, 0.5) is 18.9 Å². The van der Waals surface area contributed by atoms with Gasteiger partial charge in [-0.05, 0) is 56.9 Å². The summed E-state index contributed by atoms with van der Waals surface area (Å²) in [5.41, 5.74) is 2.68. The summed E-state index contributed by atoms with van der Waals surface area (Å²) in [5.74, 6) is -3.74. The molecule has 1 atom stereocenters. The second-order valence-corrected chi connectivity index (χ2v) is 10.9. The molecule has 0 spiro atoms. The van der Waals surface area contributed by atoms with Crippen LogP contribution in [0.5, 0.6) is 0 Å². The molecule has 6 rings (SSSR count). The van der Waals surface area contributed by atoms with E-state index in [0.29, 0.717) is 29.1 Å². The molecule has 37 heavy (non-hydrogen) atoms. The average Bonchev–Trinajstić information content (AvgIpc) is 3.49. The van der Waals surface area contributed by atoms with Gasteiger partial charge in [-0.1, -0.05) is 12.8 Å². The molecule has 2 aliphatic heterocycles.